The summed E-state index contributed by atoms with van der Waals surface area (Å²) in [5.41, 5.74) is 30.9. The van der Waals surface area contributed by atoms with Gasteiger partial charge < -0.3 is 0 Å². The van der Waals surface area contributed by atoms with Crippen LogP contribution in [-0.4, -0.2) is 0 Å². The Morgan fingerprint density at radius 1 is 0.198 bits per heavy atom. The molecule has 81 heavy (non-hydrogen) atoms. The predicted molar refractivity (Wildman–Crippen MR) is 342 cm³/mol. The van der Waals surface area contributed by atoms with Crippen LogP contribution in [0.15, 0.2) is 315 Å². The predicted octanol–water partition coefficient (Wildman–Crippen LogP) is 21.7. The molecule has 13 aromatic rings. The highest BCUT2D eigenvalue weighted by Crippen LogP contribution is 2.59. The van der Waals surface area contributed by atoms with Gasteiger partial charge in [0.1, 0.15) is 0 Å². The van der Waals surface area contributed by atoms with E-state index in [1.807, 2.05) is 0 Å². The molecular weight excluding hydrogens is 973 g/mol. The Kier molecular flexibility index (Phi) is 12.7. The minimum atomic E-state index is -0.679. The molecule has 0 atom stereocenters. The molecule has 0 N–H and O–H groups in total. The average Bonchev–Trinajstić information content (AvgIpc) is 4.06. The van der Waals surface area contributed by atoms with Gasteiger partial charge in [-0.15, -0.1) is 0 Å². The van der Waals surface area contributed by atoms with Crippen LogP contribution in [0.4, 0.5) is 0 Å². The minimum Gasteiger partial charge on any atom is -0.0622 e. The summed E-state index contributed by atoms with van der Waals surface area (Å²) in [5, 5.41) is 0. The van der Waals surface area contributed by atoms with Crippen LogP contribution in [0.5, 0.6) is 0 Å². The van der Waals surface area contributed by atoms with E-state index in [9.17, 15) is 0 Å². The first kappa shape index (κ1) is 49.2. The monoisotopic (exact) mass is 1030 g/mol. The molecule has 0 saturated carbocycles. The fourth-order valence-corrected chi connectivity index (χ4v) is 12.8. The molecule has 0 heterocycles. The zero-order valence-electron chi connectivity index (χ0n) is 45.5. The van der Waals surface area contributed by atoms with E-state index in [4.69, 9.17) is 0 Å². The van der Waals surface area contributed by atoms with Crippen molar-refractivity contribution in [2.45, 2.75) is 19.3 Å². The van der Waals surface area contributed by atoms with Gasteiger partial charge in [0.25, 0.3) is 0 Å². The van der Waals surface area contributed by atoms with Crippen LogP contribution >= 0.6 is 0 Å². The number of hydrogen-bond acceptors (Lipinski definition) is 0. The van der Waals surface area contributed by atoms with E-state index in [0.717, 1.165) is 0 Å². The Balaban J connectivity index is 0.945. The van der Waals surface area contributed by atoms with Crippen molar-refractivity contribution in [2.75, 3.05) is 0 Å². The fraction of sp³-hybridized carbons (Fsp3) is 0.0370. The van der Waals surface area contributed by atoms with Gasteiger partial charge in [0.2, 0.25) is 0 Å². The van der Waals surface area contributed by atoms with Crippen LogP contribution in [0, 0.1) is 13.8 Å². The van der Waals surface area contributed by atoms with Crippen LogP contribution in [0.2, 0.25) is 0 Å². The topological polar surface area (TPSA) is 0 Å². The summed E-state index contributed by atoms with van der Waals surface area (Å²) in [6, 6.07) is 117. The highest BCUT2D eigenvalue weighted by atomic mass is 14.5. The first-order valence-electron chi connectivity index (χ1n) is 28.2. The Bertz CT molecular complexity index is 4120. The molecule has 0 amide bonds. The van der Waals surface area contributed by atoms with E-state index in [0.29, 0.717) is 0 Å². The lowest BCUT2D eigenvalue weighted by Gasteiger charge is -2.35. The van der Waals surface area contributed by atoms with Gasteiger partial charge in [-0.25, -0.2) is 0 Å². The van der Waals surface area contributed by atoms with E-state index >= 15 is 0 Å². The van der Waals surface area contributed by atoms with Crippen molar-refractivity contribution >= 4 is 0 Å². The zero-order valence-corrected chi connectivity index (χ0v) is 45.5. The summed E-state index contributed by atoms with van der Waals surface area (Å²) in [5.74, 6) is 0. The summed E-state index contributed by atoms with van der Waals surface area (Å²) in [7, 11) is 0. The first-order valence-corrected chi connectivity index (χ1v) is 28.2. The summed E-state index contributed by atoms with van der Waals surface area (Å²) < 4.78 is 0. The maximum absolute atomic E-state index is 2.48. The molecule has 0 saturated heterocycles. The lowest BCUT2D eigenvalue weighted by atomic mass is 9.66. The second-order valence-corrected chi connectivity index (χ2v) is 21.7. The Labute approximate surface area is 476 Å². The molecule has 0 heteroatoms. The molecule has 0 radical (unpaired) electrons. The maximum atomic E-state index is 2.48. The van der Waals surface area contributed by atoms with Crippen molar-refractivity contribution in [3.8, 4) is 111 Å². The highest BCUT2D eigenvalue weighted by Gasteiger charge is 2.47. The van der Waals surface area contributed by atoms with Gasteiger partial charge >= 0.3 is 0 Å². The molecule has 0 bridgehead atoms. The quantitative estimate of drug-likeness (QED) is 0.121. The number of hydrogen-bond donors (Lipinski definition) is 0. The minimum absolute atomic E-state index is 0.679. The number of fused-ring (bicyclic) bond motifs is 3. The first-order chi connectivity index (χ1) is 39.9. The number of benzene rings is 13. The van der Waals surface area contributed by atoms with Gasteiger partial charge in [-0.1, -0.05) is 260 Å². The molecule has 13 aromatic carbocycles. The number of aryl methyl sites for hydroxylation is 2. The molecule has 14 rings (SSSR count). The van der Waals surface area contributed by atoms with Crippen molar-refractivity contribution in [1.82, 2.24) is 0 Å². The van der Waals surface area contributed by atoms with Crippen LogP contribution < -0.4 is 0 Å². The lowest BCUT2D eigenvalue weighted by molar-refractivity contribution is 0.769. The van der Waals surface area contributed by atoms with E-state index in [-0.39, 0.29) is 0 Å². The second kappa shape index (κ2) is 20.9. The van der Waals surface area contributed by atoms with Crippen molar-refractivity contribution in [1.29, 1.82) is 0 Å². The zero-order chi connectivity index (χ0) is 54.3. The van der Waals surface area contributed by atoms with E-state index in [2.05, 4.69) is 329 Å². The molecule has 0 nitrogen and oxygen atoms in total. The van der Waals surface area contributed by atoms with E-state index in [1.54, 1.807) is 0 Å². The van der Waals surface area contributed by atoms with E-state index < -0.39 is 5.41 Å². The van der Waals surface area contributed by atoms with Gasteiger partial charge in [0, 0.05) is 0 Å². The highest BCUT2D eigenvalue weighted by molar-refractivity contribution is 5.97. The summed E-state index contributed by atoms with van der Waals surface area (Å²) >= 11 is 0. The lowest BCUT2D eigenvalue weighted by Crippen LogP contribution is -2.28. The van der Waals surface area contributed by atoms with E-state index in [1.165, 1.54) is 145 Å². The Morgan fingerprint density at radius 2 is 0.519 bits per heavy atom. The van der Waals surface area contributed by atoms with Crippen LogP contribution in [-0.2, 0) is 5.41 Å². The van der Waals surface area contributed by atoms with Crippen LogP contribution in [0.25, 0.3) is 111 Å². The molecule has 0 unspecified atom stereocenters. The summed E-state index contributed by atoms with van der Waals surface area (Å²) in [6.07, 6.45) is 0. The van der Waals surface area contributed by atoms with Gasteiger partial charge in [0.05, 0.1) is 5.41 Å². The average molecular weight is 1030 g/mol. The molecule has 1 aliphatic carbocycles. The number of rotatable bonds is 11. The third-order valence-corrected chi connectivity index (χ3v) is 16.7. The maximum Gasteiger partial charge on any atom is 0.0714 e. The molecule has 382 valence electrons. The fourth-order valence-electron chi connectivity index (χ4n) is 12.8. The van der Waals surface area contributed by atoms with Gasteiger partial charge in [-0.2, -0.15) is 0 Å². The largest absolute Gasteiger partial charge is 0.0714 e. The third kappa shape index (κ3) is 9.12. The molecule has 0 aromatic heterocycles. The van der Waals surface area contributed by atoms with Crippen molar-refractivity contribution in [2.24, 2.45) is 0 Å². The SMILES string of the molecule is Cc1ccc2c(c1)-c1c(-c3ccccc3C)cccc1C2(c1cccc(-c2cccc(-c3cc(-c4ccccc4)cc(-c4ccccc4)c3)c2)c1)c1cccc(-c2cccc(-c3cc(-c4ccccc4)cc(-c4ccccc4)c3)c2)c1. The van der Waals surface area contributed by atoms with Gasteiger partial charge in [-0.05, 0) is 214 Å². The summed E-state index contributed by atoms with van der Waals surface area (Å²) in [6.45, 7) is 4.47. The van der Waals surface area contributed by atoms with Crippen LogP contribution in [0.1, 0.15) is 33.4 Å². The molecular formula is C81H58. The van der Waals surface area contributed by atoms with Crippen molar-refractivity contribution < 1.29 is 0 Å². The Morgan fingerprint density at radius 3 is 0.951 bits per heavy atom. The smallest absolute Gasteiger partial charge is 0.0622 e. The van der Waals surface area contributed by atoms with Crippen molar-refractivity contribution in [3.63, 3.8) is 0 Å². The van der Waals surface area contributed by atoms with Crippen molar-refractivity contribution in [3.05, 3.63) is 349 Å². The second-order valence-electron chi connectivity index (χ2n) is 21.7. The molecule has 0 fully saturated rings. The van der Waals surface area contributed by atoms with Gasteiger partial charge in [-0.3, -0.25) is 0 Å². The Hall–Kier alpha value is -10.1. The van der Waals surface area contributed by atoms with Gasteiger partial charge in [0.15, 0.2) is 0 Å². The summed E-state index contributed by atoms with van der Waals surface area (Å²) in [4.78, 5) is 0. The van der Waals surface area contributed by atoms with Crippen LogP contribution in [0.3, 0.4) is 0 Å². The molecule has 0 spiro atoms. The molecule has 1 aliphatic rings. The molecule has 0 aliphatic heterocycles. The third-order valence-electron chi connectivity index (χ3n) is 16.7. The standard InChI is InChI=1S/C81H58/c1-55-42-43-78-77(44-55)80-76(75-39-16-15-22-56(75)2)40-21-41-79(80)81(78,73-37-19-35-65(53-73)61-31-17-33-63(45-61)71-49-67(57-23-7-3-8-24-57)47-68(50-71)58-25-9-4-10-26-58)74-38-20-36-66(54-74)62-32-18-34-64(46-62)72-51-69(59-27-11-5-12-28-59)48-70(52-72)60-29-13-6-14-30-60/h3-54H,1-2H3. The normalized spacial score (nSPS) is 12.2.